The van der Waals surface area contributed by atoms with E-state index in [1.807, 2.05) is 31.2 Å². The molecule has 1 aromatic heterocycles. The van der Waals surface area contributed by atoms with Gasteiger partial charge in [0.05, 0.1) is 0 Å². The van der Waals surface area contributed by atoms with Crippen molar-refractivity contribution in [2.45, 2.75) is 6.92 Å². The summed E-state index contributed by atoms with van der Waals surface area (Å²) in [6, 6.07) is 17.9. The summed E-state index contributed by atoms with van der Waals surface area (Å²) in [4.78, 5) is 29.5. The number of carbonyl (C=O) groups is 2. The van der Waals surface area contributed by atoms with E-state index in [1.165, 1.54) is 0 Å². The number of hydrogen-bond acceptors (Lipinski definition) is 3. The molecule has 0 spiro atoms. The molecule has 2 N–H and O–H groups in total. The number of pyridine rings is 1. The monoisotopic (exact) mass is 435 g/mol. The highest BCUT2D eigenvalue weighted by Crippen LogP contribution is 2.17. The first-order valence-corrected chi connectivity index (χ1v) is 9.37. The Kier molecular flexibility index (Phi) is 6.34. The van der Waals surface area contributed by atoms with Gasteiger partial charge in [-0.05, 0) is 55.0 Å². The Balaban J connectivity index is 1.86. The van der Waals surface area contributed by atoms with E-state index in [4.69, 9.17) is 0 Å². The number of amides is 2. The molecule has 0 aliphatic heterocycles. The largest absolute Gasteiger partial charge is 0.321 e. The lowest BCUT2D eigenvalue weighted by Crippen LogP contribution is -2.30. The van der Waals surface area contributed by atoms with Gasteiger partial charge in [0.1, 0.15) is 5.70 Å². The van der Waals surface area contributed by atoms with Crippen LogP contribution in [0.5, 0.6) is 0 Å². The van der Waals surface area contributed by atoms with Gasteiger partial charge in [-0.15, -0.1) is 0 Å². The van der Waals surface area contributed by atoms with Gasteiger partial charge >= 0.3 is 0 Å². The lowest BCUT2D eigenvalue weighted by atomic mass is 10.1. The second-order valence-corrected chi connectivity index (χ2v) is 7.04. The summed E-state index contributed by atoms with van der Waals surface area (Å²) in [5.74, 6) is -0.790. The lowest BCUT2D eigenvalue weighted by molar-refractivity contribution is -0.113. The van der Waals surface area contributed by atoms with Crippen molar-refractivity contribution in [3.63, 3.8) is 0 Å². The van der Waals surface area contributed by atoms with E-state index in [0.717, 1.165) is 10.0 Å². The summed E-state index contributed by atoms with van der Waals surface area (Å²) < 4.78 is 0.840. The average Bonchev–Trinajstić information content (AvgIpc) is 2.68. The van der Waals surface area contributed by atoms with Crippen molar-refractivity contribution in [3.05, 3.63) is 99.9 Å². The molecule has 6 heteroatoms. The van der Waals surface area contributed by atoms with Crippen molar-refractivity contribution < 1.29 is 9.59 Å². The number of nitrogens with zero attached hydrogens (tertiary/aromatic N) is 1. The van der Waals surface area contributed by atoms with Crippen LogP contribution in [0.15, 0.2) is 83.2 Å². The summed E-state index contributed by atoms with van der Waals surface area (Å²) in [6.07, 6.45) is 4.85. The molecular formula is C22H18BrN3O2. The fourth-order valence-corrected chi connectivity index (χ4v) is 2.85. The molecular weight excluding hydrogens is 418 g/mol. The number of aryl methyl sites for hydroxylation is 1. The highest BCUT2D eigenvalue weighted by Gasteiger charge is 2.15. The molecule has 0 radical (unpaired) electrons. The number of halogens is 1. The molecule has 5 nitrogen and oxygen atoms in total. The van der Waals surface area contributed by atoms with Crippen molar-refractivity contribution in [1.82, 2.24) is 10.3 Å². The molecule has 0 atom stereocenters. The van der Waals surface area contributed by atoms with Crippen molar-refractivity contribution in [2.75, 3.05) is 5.32 Å². The Labute approximate surface area is 171 Å². The maximum absolute atomic E-state index is 12.8. The number of nitrogens with one attached hydrogen (secondary N) is 2. The molecule has 140 valence electrons. The molecule has 0 unspecified atom stereocenters. The van der Waals surface area contributed by atoms with Gasteiger partial charge in [0, 0.05) is 28.1 Å². The van der Waals surface area contributed by atoms with Gasteiger partial charge < -0.3 is 10.6 Å². The van der Waals surface area contributed by atoms with Gasteiger partial charge in [-0.2, -0.15) is 0 Å². The molecule has 3 rings (SSSR count). The quantitative estimate of drug-likeness (QED) is 0.576. The summed E-state index contributed by atoms with van der Waals surface area (Å²) in [7, 11) is 0. The van der Waals surface area contributed by atoms with Gasteiger partial charge in [0.15, 0.2) is 0 Å². The molecule has 2 aromatic carbocycles. The number of aromatic nitrogens is 1. The van der Waals surface area contributed by atoms with Crippen LogP contribution in [-0.2, 0) is 4.79 Å². The zero-order valence-electron chi connectivity index (χ0n) is 15.1. The molecule has 2 amide bonds. The van der Waals surface area contributed by atoms with Gasteiger partial charge in [0.2, 0.25) is 0 Å². The van der Waals surface area contributed by atoms with Gasteiger partial charge in [-0.25, -0.2) is 0 Å². The van der Waals surface area contributed by atoms with E-state index in [1.54, 1.807) is 54.9 Å². The predicted molar refractivity (Wildman–Crippen MR) is 114 cm³/mol. The van der Waals surface area contributed by atoms with E-state index in [9.17, 15) is 9.59 Å². The predicted octanol–water partition coefficient (Wildman–Crippen LogP) is 4.56. The fraction of sp³-hybridized carbons (Fsp3) is 0.0455. The second-order valence-electron chi connectivity index (χ2n) is 6.13. The number of carbonyl (C=O) groups excluding carboxylic acids is 2. The number of rotatable bonds is 5. The minimum Gasteiger partial charge on any atom is -0.321 e. The van der Waals surface area contributed by atoms with E-state index in [0.29, 0.717) is 16.8 Å². The van der Waals surface area contributed by atoms with Crippen molar-refractivity contribution in [3.8, 4) is 0 Å². The Morgan fingerprint density at radius 1 is 1.04 bits per heavy atom. The van der Waals surface area contributed by atoms with Gasteiger partial charge in [0.25, 0.3) is 11.8 Å². The third-order valence-corrected chi connectivity index (χ3v) is 4.38. The SMILES string of the molecule is Cc1ccc(C(=O)NC(=Cc2cccnc2)C(=O)Nc2cccc(Br)c2)cc1. The van der Waals surface area contributed by atoms with E-state index in [-0.39, 0.29) is 11.6 Å². The van der Waals surface area contributed by atoms with Crippen molar-refractivity contribution in [2.24, 2.45) is 0 Å². The zero-order chi connectivity index (χ0) is 19.9. The first-order valence-electron chi connectivity index (χ1n) is 8.58. The highest BCUT2D eigenvalue weighted by atomic mass is 79.9. The third-order valence-electron chi connectivity index (χ3n) is 3.88. The molecule has 0 saturated heterocycles. The summed E-state index contributed by atoms with van der Waals surface area (Å²) in [6.45, 7) is 1.95. The van der Waals surface area contributed by atoms with Crippen LogP contribution in [0.25, 0.3) is 6.08 Å². The van der Waals surface area contributed by atoms with Crippen LogP contribution >= 0.6 is 15.9 Å². The summed E-state index contributed by atoms with van der Waals surface area (Å²) in [5.41, 5.74) is 2.96. The molecule has 0 aliphatic carbocycles. The zero-order valence-corrected chi connectivity index (χ0v) is 16.7. The lowest BCUT2D eigenvalue weighted by Gasteiger charge is -2.12. The first kappa shape index (κ1) is 19.5. The number of hydrogen-bond donors (Lipinski definition) is 2. The topological polar surface area (TPSA) is 71.1 Å². The summed E-state index contributed by atoms with van der Waals surface area (Å²) in [5, 5.41) is 5.50. The Hall–Kier alpha value is -3.25. The van der Waals surface area contributed by atoms with Crippen LogP contribution in [0.2, 0.25) is 0 Å². The molecule has 0 aliphatic rings. The normalized spacial score (nSPS) is 11.0. The average molecular weight is 436 g/mol. The summed E-state index contributed by atoms with van der Waals surface area (Å²) >= 11 is 3.38. The van der Waals surface area contributed by atoms with E-state index in [2.05, 4.69) is 31.5 Å². The minimum atomic E-state index is -0.428. The molecule has 0 bridgehead atoms. The minimum absolute atomic E-state index is 0.124. The molecule has 0 saturated carbocycles. The molecule has 1 heterocycles. The molecule has 0 fully saturated rings. The molecule has 28 heavy (non-hydrogen) atoms. The van der Waals surface area contributed by atoms with Crippen molar-refractivity contribution >= 4 is 39.5 Å². The van der Waals surface area contributed by atoms with Crippen LogP contribution in [-0.4, -0.2) is 16.8 Å². The maximum atomic E-state index is 12.8. The standard InChI is InChI=1S/C22H18BrN3O2/c1-15-7-9-17(10-8-15)21(27)26-20(12-16-4-3-11-24-14-16)22(28)25-19-6-2-5-18(23)13-19/h2-14H,1H3,(H,25,28)(H,26,27). The smallest absolute Gasteiger partial charge is 0.272 e. The molecule has 3 aromatic rings. The van der Waals surface area contributed by atoms with Gasteiger partial charge in [-0.3, -0.25) is 14.6 Å². The number of benzene rings is 2. The maximum Gasteiger partial charge on any atom is 0.272 e. The third kappa shape index (κ3) is 5.37. The first-order chi connectivity index (χ1) is 13.5. The van der Waals surface area contributed by atoms with E-state index < -0.39 is 5.91 Å². The van der Waals surface area contributed by atoms with Crippen LogP contribution in [0, 0.1) is 6.92 Å². The van der Waals surface area contributed by atoms with Gasteiger partial charge in [-0.1, -0.05) is 45.8 Å². The van der Waals surface area contributed by atoms with Crippen LogP contribution < -0.4 is 10.6 Å². The van der Waals surface area contributed by atoms with Crippen LogP contribution in [0.1, 0.15) is 21.5 Å². The van der Waals surface area contributed by atoms with Crippen molar-refractivity contribution in [1.29, 1.82) is 0 Å². The Morgan fingerprint density at radius 2 is 1.82 bits per heavy atom. The van der Waals surface area contributed by atoms with E-state index >= 15 is 0 Å². The fourth-order valence-electron chi connectivity index (χ4n) is 2.45. The number of anilines is 1. The van der Waals surface area contributed by atoms with Crippen LogP contribution in [0.3, 0.4) is 0 Å². The second kappa shape index (κ2) is 9.10. The highest BCUT2D eigenvalue weighted by molar-refractivity contribution is 9.10. The van der Waals surface area contributed by atoms with Crippen LogP contribution in [0.4, 0.5) is 5.69 Å². The Bertz CT molecular complexity index is 1020. The Morgan fingerprint density at radius 3 is 2.50 bits per heavy atom.